The number of nitrogens with one attached hydrogen (secondary N) is 1. The van der Waals surface area contributed by atoms with Gasteiger partial charge in [0.05, 0.1) is 12.1 Å². The Morgan fingerprint density at radius 1 is 1.37 bits per heavy atom. The highest BCUT2D eigenvalue weighted by atomic mass is 16.5. The summed E-state index contributed by atoms with van der Waals surface area (Å²) in [6, 6.07) is 5.76. The number of hydrogen-bond acceptors (Lipinski definition) is 5. The third-order valence-corrected chi connectivity index (χ3v) is 2.34. The molecule has 1 aromatic carbocycles. The van der Waals surface area contributed by atoms with E-state index < -0.39 is 11.9 Å². The Morgan fingerprint density at radius 3 is 2.74 bits per heavy atom. The van der Waals surface area contributed by atoms with Crippen LogP contribution < -0.4 is 5.32 Å². The Morgan fingerprint density at radius 2 is 2.11 bits per heavy atom. The Bertz CT molecular complexity index is 621. The predicted octanol–water partition coefficient (Wildman–Crippen LogP) is 1.01. The van der Waals surface area contributed by atoms with Crippen molar-refractivity contribution in [3.05, 3.63) is 47.1 Å². The van der Waals surface area contributed by atoms with Crippen molar-refractivity contribution in [2.75, 3.05) is 0 Å². The van der Waals surface area contributed by atoms with Crippen LogP contribution in [0.4, 0.5) is 0 Å². The Kier molecular flexibility index (Phi) is 3.56. The van der Waals surface area contributed by atoms with Gasteiger partial charge in [0.15, 0.2) is 5.82 Å². The van der Waals surface area contributed by atoms with Gasteiger partial charge in [-0.1, -0.05) is 11.2 Å². The molecule has 1 aromatic heterocycles. The van der Waals surface area contributed by atoms with Gasteiger partial charge in [0.2, 0.25) is 5.89 Å². The molecule has 0 aliphatic heterocycles. The predicted molar refractivity (Wildman–Crippen MR) is 63.6 cm³/mol. The van der Waals surface area contributed by atoms with E-state index in [2.05, 4.69) is 15.5 Å². The summed E-state index contributed by atoms with van der Waals surface area (Å²) in [6.45, 7) is 1.77. The number of aryl methyl sites for hydroxylation is 1. The first-order valence-electron chi connectivity index (χ1n) is 5.47. The van der Waals surface area contributed by atoms with Gasteiger partial charge >= 0.3 is 5.97 Å². The molecule has 0 saturated carbocycles. The number of aromatic carboxylic acids is 1. The van der Waals surface area contributed by atoms with E-state index in [1.165, 1.54) is 24.3 Å². The number of carboxylic acid groups (broad SMARTS) is 1. The fourth-order valence-electron chi connectivity index (χ4n) is 1.46. The zero-order valence-electron chi connectivity index (χ0n) is 10.1. The fraction of sp³-hybridized carbons (Fsp3) is 0.167. The molecular formula is C12H11N3O4. The van der Waals surface area contributed by atoms with Crippen LogP contribution in [0.2, 0.25) is 0 Å². The smallest absolute Gasteiger partial charge is 0.335 e. The Hall–Kier alpha value is -2.70. The number of benzene rings is 1. The minimum atomic E-state index is -1.08. The number of carbonyl (C=O) groups is 2. The zero-order chi connectivity index (χ0) is 13.8. The first kappa shape index (κ1) is 12.7. The van der Waals surface area contributed by atoms with Crippen molar-refractivity contribution in [1.29, 1.82) is 0 Å². The zero-order valence-corrected chi connectivity index (χ0v) is 10.1. The summed E-state index contributed by atoms with van der Waals surface area (Å²) < 4.78 is 4.84. The minimum absolute atomic E-state index is 0.0567. The van der Waals surface area contributed by atoms with Gasteiger partial charge in [0.25, 0.3) is 5.91 Å². The third-order valence-electron chi connectivity index (χ3n) is 2.34. The van der Waals surface area contributed by atoms with E-state index in [1.807, 2.05) is 0 Å². The molecule has 2 rings (SSSR count). The van der Waals surface area contributed by atoms with E-state index in [9.17, 15) is 9.59 Å². The molecular weight excluding hydrogens is 250 g/mol. The number of rotatable bonds is 4. The summed E-state index contributed by atoms with van der Waals surface area (Å²) in [5, 5.41) is 15.0. The highest BCUT2D eigenvalue weighted by Crippen LogP contribution is 2.05. The molecule has 0 bridgehead atoms. The summed E-state index contributed by atoms with van der Waals surface area (Å²) in [5.74, 6) is -0.710. The molecule has 7 nitrogen and oxygen atoms in total. The largest absolute Gasteiger partial charge is 0.478 e. The topological polar surface area (TPSA) is 105 Å². The maximum Gasteiger partial charge on any atom is 0.335 e. The lowest BCUT2D eigenvalue weighted by Gasteiger charge is -2.03. The van der Waals surface area contributed by atoms with Crippen LogP contribution in [-0.4, -0.2) is 27.1 Å². The molecule has 2 N–H and O–H groups in total. The van der Waals surface area contributed by atoms with Crippen molar-refractivity contribution >= 4 is 11.9 Å². The van der Waals surface area contributed by atoms with Crippen LogP contribution in [0.3, 0.4) is 0 Å². The van der Waals surface area contributed by atoms with Crippen molar-refractivity contribution in [2.24, 2.45) is 0 Å². The van der Waals surface area contributed by atoms with Crippen molar-refractivity contribution in [2.45, 2.75) is 13.5 Å². The molecule has 7 heteroatoms. The SMILES string of the molecule is Cc1noc(CNC(=O)c2cccc(C(=O)O)c2)n1. The van der Waals surface area contributed by atoms with Gasteiger partial charge in [-0.3, -0.25) is 4.79 Å². The van der Waals surface area contributed by atoms with Crippen LogP contribution in [-0.2, 0) is 6.54 Å². The minimum Gasteiger partial charge on any atom is -0.478 e. The highest BCUT2D eigenvalue weighted by Gasteiger charge is 2.10. The highest BCUT2D eigenvalue weighted by molar-refractivity contribution is 5.97. The van der Waals surface area contributed by atoms with Crippen molar-refractivity contribution in [1.82, 2.24) is 15.5 Å². The first-order chi connectivity index (χ1) is 9.06. The second-order valence-corrected chi connectivity index (χ2v) is 3.80. The lowest BCUT2D eigenvalue weighted by Crippen LogP contribution is -2.23. The lowest BCUT2D eigenvalue weighted by atomic mass is 10.1. The first-order valence-corrected chi connectivity index (χ1v) is 5.47. The molecule has 0 radical (unpaired) electrons. The van der Waals surface area contributed by atoms with Gasteiger partial charge in [0, 0.05) is 5.56 Å². The Labute approximate surface area is 108 Å². The maximum absolute atomic E-state index is 11.8. The number of amides is 1. The van der Waals surface area contributed by atoms with Crippen LogP contribution in [0.1, 0.15) is 32.4 Å². The molecule has 0 spiro atoms. The average molecular weight is 261 g/mol. The van der Waals surface area contributed by atoms with Crippen LogP contribution in [0, 0.1) is 6.92 Å². The summed E-state index contributed by atoms with van der Waals surface area (Å²) in [5.41, 5.74) is 0.317. The summed E-state index contributed by atoms with van der Waals surface area (Å²) in [7, 11) is 0. The molecule has 1 heterocycles. The molecule has 0 fully saturated rings. The number of nitrogens with zero attached hydrogens (tertiary/aromatic N) is 2. The van der Waals surface area contributed by atoms with Crippen LogP contribution in [0.15, 0.2) is 28.8 Å². The van der Waals surface area contributed by atoms with Gasteiger partial charge in [0.1, 0.15) is 0 Å². The monoisotopic (exact) mass is 261 g/mol. The summed E-state index contributed by atoms with van der Waals surface area (Å²) in [6.07, 6.45) is 0. The number of hydrogen-bond donors (Lipinski definition) is 2. The van der Waals surface area contributed by atoms with E-state index in [4.69, 9.17) is 9.63 Å². The van der Waals surface area contributed by atoms with Crippen molar-refractivity contribution in [3.63, 3.8) is 0 Å². The molecule has 0 unspecified atom stereocenters. The van der Waals surface area contributed by atoms with Crippen LogP contribution in [0.25, 0.3) is 0 Å². The van der Waals surface area contributed by atoms with Gasteiger partial charge < -0.3 is 14.9 Å². The van der Waals surface area contributed by atoms with E-state index in [0.29, 0.717) is 11.7 Å². The number of carboxylic acids is 1. The second kappa shape index (κ2) is 5.30. The molecule has 98 valence electrons. The quantitative estimate of drug-likeness (QED) is 0.850. The van der Waals surface area contributed by atoms with Crippen LogP contribution >= 0.6 is 0 Å². The third kappa shape index (κ3) is 3.15. The molecule has 0 aliphatic carbocycles. The van der Waals surface area contributed by atoms with Crippen LogP contribution in [0.5, 0.6) is 0 Å². The molecule has 0 atom stereocenters. The molecule has 2 aromatic rings. The van der Waals surface area contributed by atoms with Crippen molar-refractivity contribution in [3.8, 4) is 0 Å². The lowest BCUT2D eigenvalue weighted by molar-refractivity contribution is 0.0697. The molecule has 19 heavy (non-hydrogen) atoms. The van der Waals surface area contributed by atoms with Crippen molar-refractivity contribution < 1.29 is 19.2 Å². The normalized spacial score (nSPS) is 10.2. The van der Waals surface area contributed by atoms with E-state index in [1.54, 1.807) is 6.92 Å². The molecule has 0 saturated heterocycles. The van der Waals surface area contributed by atoms with Gasteiger partial charge in [-0.25, -0.2) is 4.79 Å². The molecule has 1 amide bonds. The van der Waals surface area contributed by atoms with E-state index >= 15 is 0 Å². The number of aromatic nitrogens is 2. The van der Waals surface area contributed by atoms with Gasteiger partial charge in [-0.2, -0.15) is 4.98 Å². The maximum atomic E-state index is 11.8. The standard InChI is InChI=1S/C12H11N3O4/c1-7-14-10(19-15-7)6-13-11(16)8-3-2-4-9(5-8)12(17)18/h2-5H,6H2,1H3,(H,13,16)(H,17,18). The van der Waals surface area contributed by atoms with E-state index in [-0.39, 0.29) is 17.7 Å². The Balaban J connectivity index is 2.03. The summed E-state index contributed by atoms with van der Waals surface area (Å²) in [4.78, 5) is 26.5. The summed E-state index contributed by atoms with van der Waals surface area (Å²) >= 11 is 0. The molecule has 0 aliphatic rings. The average Bonchev–Trinajstić information content (AvgIpc) is 2.82. The fourth-order valence-corrected chi connectivity index (χ4v) is 1.46. The van der Waals surface area contributed by atoms with E-state index in [0.717, 1.165) is 0 Å². The van der Waals surface area contributed by atoms with Gasteiger partial charge in [-0.05, 0) is 25.1 Å². The second-order valence-electron chi connectivity index (χ2n) is 3.80. The number of carbonyl (C=O) groups excluding carboxylic acids is 1. The van der Waals surface area contributed by atoms with Gasteiger partial charge in [-0.15, -0.1) is 0 Å².